The molecule has 0 amide bonds. The molecule has 0 aliphatic rings. The van der Waals surface area contributed by atoms with Gasteiger partial charge in [0.05, 0.1) is 10.0 Å². The van der Waals surface area contributed by atoms with Crippen molar-refractivity contribution >= 4 is 27.3 Å². The minimum absolute atomic E-state index is 0.139. The highest BCUT2D eigenvalue weighted by atomic mass is 79.9. The van der Waals surface area contributed by atoms with Crippen molar-refractivity contribution in [2.24, 2.45) is 0 Å². The lowest BCUT2D eigenvalue weighted by molar-refractivity contribution is 0.451. The molecule has 1 aromatic carbocycles. The van der Waals surface area contributed by atoms with Crippen LogP contribution in [-0.4, -0.2) is 0 Å². The van der Waals surface area contributed by atoms with Crippen molar-refractivity contribution in [3.63, 3.8) is 0 Å². The van der Waals surface area contributed by atoms with Crippen molar-refractivity contribution in [3.05, 3.63) is 45.3 Å². The summed E-state index contributed by atoms with van der Waals surface area (Å²) in [4.78, 5) is 0.139. The van der Waals surface area contributed by atoms with Gasteiger partial charge < -0.3 is 0 Å². The summed E-state index contributed by atoms with van der Waals surface area (Å²) < 4.78 is 52.5. The molecule has 16 heavy (non-hydrogen) atoms. The lowest BCUT2D eigenvalue weighted by Gasteiger charge is -2.06. The molecule has 0 spiro atoms. The Morgan fingerprint density at radius 3 is 1.94 bits per heavy atom. The maximum absolute atomic E-state index is 13.5. The molecule has 0 unspecified atom stereocenters. The molecule has 0 aliphatic carbocycles. The Labute approximate surface area is 101 Å². The standard InChI is InChI=1S/C10H3BrF4S/c11-6-9(14)7(12)5(8(13)10(6)15)4-2-1-3-16-4/h1-3H. The van der Waals surface area contributed by atoms with Crippen LogP contribution in [0.2, 0.25) is 0 Å². The quantitative estimate of drug-likeness (QED) is 0.406. The molecule has 0 aliphatic heterocycles. The van der Waals surface area contributed by atoms with Crippen molar-refractivity contribution < 1.29 is 17.6 Å². The van der Waals surface area contributed by atoms with Crippen molar-refractivity contribution in [1.82, 2.24) is 0 Å². The summed E-state index contributed by atoms with van der Waals surface area (Å²) in [5, 5.41) is 1.56. The lowest BCUT2D eigenvalue weighted by atomic mass is 10.1. The Hall–Kier alpha value is -0.880. The highest BCUT2D eigenvalue weighted by Gasteiger charge is 2.25. The van der Waals surface area contributed by atoms with E-state index >= 15 is 0 Å². The van der Waals surface area contributed by atoms with E-state index in [9.17, 15) is 17.6 Å². The Kier molecular flexibility index (Phi) is 3.03. The van der Waals surface area contributed by atoms with Crippen LogP contribution in [0.25, 0.3) is 10.4 Å². The second-order valence-corrected chi connectivity index (χ2v) is 4.66. The molecule has 6 heteroatoms. The third-order valence-electron chi connectivity index (χ3n) is 1.98. The monoisotopic (exact) mass is 310 g/mol. The second-order valence-electron chi connectivity index (χ2n) is 2.92. The first kappa shape index (κ1) is 11.6. The van der Waals surface area contributed by atoms with Gasteiger partial charge in [-0.15, -0.1) is 11.3 Å². The van der Waals surface area contributed by atoms with E-state index in [1.165, 1.54) is 12.1 Å². The summed E-state index contributed by atoms with van der Waals surface area (Å²) in [7, 11) is 0. The van der Waals surface area contributed by atoms with Crippen LogP contribution in [0.5, 0.6) is 0 Å². The van der Waals surface area contributed by atoms with Gasteiger partial charge in [0.2, 0.25) is 0 Å². The van der Waals surface area contributed by atoms with Gasteiger partial charge in [-0.2, -0.15) is 0 Å². The minimum atomic E-state index is -1.43. The van der Waals surface area contributed by atoms with E-state index < -0.39 is 33.3 Å². The number of hydrogen-bond donors (Lipinski definition) is 0. The third-order valence-corrected chi connectivity index (χ3v) is 3.56. The molecule has 1 heterocycles. The van der Waals surface area contributed by atoms with Gasteiger partial charge in [0.1, 0.15) is 0 Å². The Balaban J connectivity index is 2.81. The zero-order valence-electron chi connectivity index (χ0n) is 7.53. The van der Waals surface area contributed by atoms with Gasteiger partial charge >= 0.3 is 0 Å². The molecule has 2 rings (SSSR count). The Bertz CT molecular complexity index is 507. The smallest absolute Gasteiger partial charge is 0.176 e. The summed E-state index contributed by atoms with van der Waals surface area (Å²) in [5.74, 6) is -5.65. The minimum Gasteiger partial charge on any atom is -0.203 e. The van der Waals surface area contributed by atoms with Crippen molar-refractivity contribution in [1.29, 1.82) is 0 Å². The molecular formula is C10H3BrF4S. The van der Waals surface area contributed by atoms with Crippen molar-refractivity contribution in [2.45, 2.75) is 0 Å². The molecular weight excluding hydrogens is 308 g/mol. The van der Waals surface area contributed by atoms with Gasteiger partial charge in [-0.1, -0.05) is 6.07 Å². The molecule has 84 valence electrons. The number of rotatable bonds is 1. The maximum Gasteiger partial charge on any atom is 0.176 e. The van der Waals surface area contributed by atoms with E-state index in [1.54, 1.807) is 5.38 Å². The third kappa shape index (κ3) is 1.66. The van der Waals surface area contributed by atoms with Crippen molar-refractivity contribution in [2.75, 3.05) is 0 Å². The molecule has 0 N–H and O–H groups in total. The number of thiophene rings is 1. The van der Waals surface area contributed by atoms with Gasteiger partial charge in [-0.25, -0.2) is 17.6 Å². The molecule has 0 atom stereocenters. The summed E-state index contributed by atoms with van der Waals surface area (Å²) in [5.41, 5.74) is -0.673. The van der Waals surface area contributed by atoms with Gasteiger partial charge in [-0.3, -0.25) is 0 Å². The topological polar surface area (TPSA) is 0 Å². The number of hydrogen-bond acceptors (Lipinski definition) is 1. The first-order valence-electron chi connectivity index (χ1n) is 4.09. The highest BCUT2D eigenvalue weighted by molar-refractivity contribution is 9.10. The molecule has 2 aromatic rings. The Morgan fingerprint density at radius 1 is 0.938 bits per heavy atom. The summed E-state index contributed by atoms with van der Waals surface area (Å²) in [6.45, 7) is 0. The summed E-state index contributed by atoms with van der Waals surface area (Å²) in [6, 6.07) is 2.93. The van der Waals surface area contributed by atoms with Crippen LogP contribution in [0, 0.1) is 23.3 Å². The zero-order valence-corrected chi connectivity index (χ0v) is 9.93. The van der Waals surface area contributed by atoms with Crippen LogP contribution in [0.4, 0.5) is 17.6 Å². The predicted molar refractivity (Wildman–Crippen MR) is 57.3 cm³/mol. The van der Waals surface area contributed by atoms with Gasteiger partial charge in [0, 0.05) is 4.88 Å². The highest BCUT2D eigenvalue weighted by Crippen LogP contribution is 2.36. The molecule has 0 radical (unpaired) electrons. The van der Waals surface area contributed by atoms with E-state index in [1.807, 2.05) is 0 Å². The summed E-state index contributed by atoms with van der Waals surface area (Å²) >= 11 is 3.45. The average Bonchev–Trinajstić information content (AvgIpc) is 2.77. The van der Waals surface area contributed by atoms with Gasteiger partial charge in [0.15, 0.2) is 23.3 Å². The SMILES string of the molecule is Fc1c(F)c(-c2cccs2)c(F)c(F)c1Br. The second kappa shape index (κ2) is 4.18. The zero-order chi connectivity index (χ0) is 11.9. The van der Waals surface area contributed by atoms with E-state index in [0.717, 1.165) is 11.3 Å². The molecule has 0 nitrogen and oxygen atoms in total. The van der Waals surface area contributed by atoms with E-state index in [-0.39, 0.29) is 4.88 Å². The molecule has 0 bridgehead atoms. The first-order chi connectivity index (χ1) is 7.54. The van der Waals surface area contributed by atoms with Crippen LogP contribution in [0.15, 0.2) is 22.0 Å². The average molecular weight is 311 g/mol. The number of halogens is 5. The summed E-state index contributed by atoms with van der Waals surface area (Å²) in [6.07, 6.45) is 0. The maximum atomic E-state index is 13.5. The van der Waals surface area contributed by atoms with E-state index in [4.69, 9.17) is 0 Å². The van der Waals surface area contributed by atoms with Crippen LogP contribution in [0.1, 0.15) is 0 Å². The fraction of sp³-hybridized carbons (Fsp3) is 0. The fourth-order valence-corrected chi connectivity index (χ4v) is 2.35. The molecule has 0 saturated heterocycles. The molecule has 0 saturated carbocycles. The van der Waals surface area contributed by atoms with Crippen LogP contribution < -0.4 is 0 Å². The first-order valence-corrected chi connectivity index (χ1v) is 5.76. The van der Waals surface area contributed by atoms with Crippen LogP contribution in [-0.2, 0) is 0 Å². The Morgan fingerprint density at radius 2 is 1.50 bits per heavy atom. The number of benzene rings is 1. The molecule has 1 aromatic heterocycles. The van der Waals surface area contributed by atoms with Crippen molar-refractivity contribution in [3.8, 4) is 10.4 Å². The fourth-order valence-electron chi connectivity index (χ4n) is 1.24. The normalized spacial score (nSPS) is 10.8. The van der Waals surface area contributed by atoms with Crippen LogP contribution >= 0.6 is 27.3 Å². The lowest BCUT2D eigenvalue weighted by Crippen LogP contribution is -1.99. The molecule has 0 fully saturated rings. The van der Waals surface area contributed by atoms with Crippen LogP contribution in [0.3, 0.4) is 0 Å². The largest absolute Gasteiger partial charge is 0.203 e. The van der Waals surface area contributed by atoms with E-state index in [2.05, 4.69) is 15.9 Å². The van der Waals surface area contributed by atoms with E-state index in [0.29, 0.717) is 0 Å². The van der Waals surface area contributed by atoms with Gasteiger partial charge in [0.25, 0.3) is 0 Å². The van der Waals surface area contributed by atoms with Gasteiger partial charge in [-0.05, 0) is 27.4 Å². The predicted octanol–water partition coefficient (Wildman–Crippen LogP) is 4.73.